The van der Waals surface area contributed by atoms with Gasteiger partial charge < -0.3 is 20.5 Å². The number of aliphatic hydroxyl groups excluding tert-OH is 1. The number of aliphatic hydroxyl groups is 1. The van der Waals surface area contributed by atoms with E-state index in [1.165, 1.54) is 24.3 Å². The number of nitrogens with one attached hydrogen (secondary N) is 2. The Balaban J connectivity index is 1.77. The highest BCUT2D eigenvalue weighted by atomic mass is 19.3. The van der Waals surface area contributed by atoms with Crippen LogP contribution < -0.4 is 15.4 Å². The minimum Gasteiger partial charge on any atom is -0.435 e. The zero-order valence-corrected chi connectivity index (χ0v) is 11.6. The number of urea groups is 1. The minimum absolute atomic E-state index is 0.0226. The van der Waals surface area contributed by atoms with Crippen molar-refractivity contribution in [3.05, 3.63) is 29.8 Å². The molecular formula is C14H18F2N2O3. The van der Waals surface area contributed by atoms with Crippen molar-refractivity contribution in [1.29, 1.82) is 0 Å². The first-order valence-electron chi connectivity index (χ1n) is 6.73. The SMILES string of the molecule is CC1CC1NC(=O)NCC(O)c1ccc(OC(F)F)cc1. The fourth-order valence-corrected chi connectivity index (χ4v) is 1.92. The molecule has 21 heavy (non-hydrogen) atoms. The zero-order valence-electron chi connectivity index (χ0n) is 11.6. The Morgan fingerprint density at radius 3 is 2.57 bits per heavy atom. The Morgan fingerprint density at radius 1 is 1.43 bits per heavy atom. The number of hydrogen-bond acceptors (Lipinski definition) is 3. The van der Waals surface area contributed by atoms with E-state index in [9.17, 15) is 18.7 Å². The van der Waals surface area contributed by atoms with Gasteiger partial charge in [-0.15, -0.1) is 0 Å². The molecule has 5 nitrogen and oxygen atoms in total. The number of alkyl halides is 2. The van der Waals surface area contributed by atoms with Gasteiger partial charge in [0.1, 0.15) is 5.75 Å². The van der Waals surface area contributed by atoms with Crippen LogP contribution in [0.25, 0.3) is 0 Å². The van der Waals surface area contributed by atoms with Gasteiger partial charge in [-0.05, 0) is 30.0 Å². The van der Waals surface area contributed by atoms with Gasteiger partial charge in [0, 0.05) is 12.6 Å². The molecule has 0 saturated heterocycles. The maximum absolute atomic E-state index is 12.0. The largest absolute Gasteiger partial charge is 0.435 e. The fraction of sp³-hybridized carbons (Fsp3) is 0.500. The first kappa shape index (κ1) is 15.5. The number of rotatable bonds is 6. The molecule has 0 bridgehead atoms. The van der Waals surface area contributed by atoms with Crippen molar-refractivity contribution in [2.75, 3.05) is 6.54 Å². The highest BCUT2D eigenvalue weighted by Crippen LogP contribution is 2.28. The molecule has 3 atom stereocenters. The van der Waals surface area contributed by atoms with Crippen molar-refractivity contribution < 1.29 is 23.4 Å². The summed E-state index contributed by atoms with van der Waals surface area (Å²) in [4.78, 5) is 11.5. The molecule has 1 aliphatic rings. The van der Waals surface area contributed by atoms with Crippen LogP contribution in [0.4, 0.5) is 13.6 Å². The third-order valence-electron chi connectivity index (χ3n) is 3.37. The number of carbonyl (C=O) groups is 1. The van der Waals surface area contributed by atoms with Gasteiger partial charge in [0.15, 0.2) is 0 Å². The van der Waals surface area contributed by atoms with Crippen molar-refractivity contribution >= 4 is 6.03 Å². The molecule has 116 valence electrons. The summed E-state index contributed by atoms with van der Waals surface area (Å²) in [6, 6.07) is 5.54. The molecule has 0 heterocycles. The minimum atomic E-state index is -2.88. The lowest BCUT2D eigenvalue weighted by molar-refractivity contribution is -0.0498. The van der Waals surface area contributed by atoms with Crippen LogP contribution in [0, 0.1) is 5.92 Å². The predicted molar refractivity (Wildman–Crippen MR) is 72.1 cm³/mol. The van der Waals surface area contributed by atoms with Crippen LogP contribution in [0.2, 0.25) is 0 Å². The summed E-state index contributed by atoms with van der Waals surface area (Å²) in [7, 11) is 0. The third kappa shape index (κ3) is 4.86. The van der Waals surface area contributed by atoms with Crippen molar-refractivity contribution in [2.45, 2.75) is 32.1 Å². The Hall–Kier alpha value is -1.89. The normalized spacial score (nSPS) is 21.8. The van der Waals surface area contributed by atoms with Crippen LogP contribution in [-0.2, 0) is 0 Å². The molecule has 0 radical (unpaired) electrons. The van der Waals surface area contributed by atoms with Crippen LogP contribution in [0.5, 0.6) is 5.75 Å². The average molecular weight is 300 g/mol. The van der Waals surface area contributed by atoms with E-state index in [4.69, 9.17) is 0 Å². The van der Waals surface area contributed by atoms with Crippen LogP contribution in [0.3, 0.4) is 0 Å². The second-order valence-electron chi connectivity index (χ2n) is 5.14. The second-order valence-corrected chi connectivity index (χ2v) is 5.14. The molecule has 0 aromatic heterocycles. The molecule has 2 amide bonds. The first-order chi connectivity index (χ1) is 9.95. The molecule has 2 rings (SSSR count). The molecule has 0 spiro atoms. The van der Waals surface area contributed by atoms with Gasteiger partial charge in [-0.1, -0.05) is 19.1 Å². The summed E-state index contributed by atoms with van der Waals surface area (Å²) in [5.74, 6) is 0.525. The number of carbonyl (C=O) groups excluding carboxylic acids is 1. The van der Waals surface area contributed by atoms with E-state index >= 15 is 0 Å². The van der Waals surface area contributed by atoms with Crippen LogP contribution in [0.15, 0.2) is 24.3 Å². The molecular weight excluding hydrogens is 282 g/mol. The van der Waals surface area contributed by atoms with E-state index in [0.717, 1.165) is 6.42 Å². The van der Waals surface area contributed by atoms with E-state index < -0.39 is 12.7 Å². The molecule has 3 N–H and O–H groups in total. The molecule has 7 heteroatoms. The molecule has 0 aliphatic heterocycles. The smallest absolute Gasteiger partial charge is 0.387 e. The van der Waals surface area contributed by atoms with E-state index in [1.54, 1.807) is 0 Å². The van der Waals surface area contributed by atoms with Crippen LogP contribution in [0.1, 0.15) is 25.0 Å². The van der Waals surface area contributed by atoms with Crippen LogP contribution in [-0.4, -0.2) is 30.3 Å². The van der Waals surface area contributed by atoms with Gasteiger partial charge in [-0.3, -0.25) is 0 Å². The molecule has 1 fully saturated rings. The molecule has 1 aromatic rings. The van der Waals surface area contributed by atoms with E-state index in [-0.39, 0.29) is 24.4 Å². The van der Waals surface area contributed by atoms with Crippen LogP contribution >= 0.6 is 0 Å². The van der Waals surface area contributed by atoms with Gasteiger partial charge in [0.05, 0.1) is 6.10 Å². The number of halogens is 2. The Labute approximate surface area is 121 Å². The lowest BCUT2D eigenvalue weighted by atomic mass is 10.1. The lowest BCUT2D eigenvalue weighted by Crippen LogP contribution is -2.39. The van der Waals surface area contributed by atoms with Gasteiger partial charge in [0.2, 0.25) is 0 Å². The molecule has 1 aromatic carbocycles. The Bertz CT molecular complexity index is 482. The van der Waals surface area contributed by atoms with Crippen molar-refractivity contribution in [3.63, 3.8) is 0 Å². The highest BCUT2D eigenvalue weighted by Gasteiger charge is 2.33. The summed E-state index contributed by atoms with van der Waals surface area (Å²) < 4.78 is 28.2. The molecule has 3 unspecified atom stereocenters. The lowest BCUT2D eigenvalue weighted by Gasteiger charge is -2.13. The van der Waals surface area contributed by atoms with Crippen molar-refractivity contribution in [1.82, 2.24) is 10.6 Å². The maximum atomic E-state index is 12.0. The number of amides is 2. The standard InChI is InChI=1S/C14H18F2N2O3/c1-8-6-11(8)18-14(20)17-7-12(19)9-2-4-10(5-3-9)21-13(15)16/h2-5,8,11-13,19H,6-7H2,1H3,(H2,17,18,20). The first-order valence-corrected chi connectivity index (χ1v) is 6.73. The highest BCUT2D eigenvalue weighted by molar-refractivity contribution is 5.74. The number of ether oxygens (including phenoxy) is 1. The van der Waals surface area contributed by atoms with E-state index in [0.29, 0.717) is 11.5 Å². The van der Waals surface area contributed by atoms with Crippen molar-refractivity contribution in [3.8, 4) is 5.75 Å². The summed E-state index contributed by atoms with van der Waals surface area (Å²) in [6.45, 7) is -0.791. The third-order valence-corrected chi connectivity index (χ3v) is 3.37. The maximum Gasteiger partial charge on any atom is 0.387 e. The van der Waals surface area contributed by atoms with Gasteiger partial charge in [0.25, 0.3) is 0 Å². The van der Waals surface area contributed by atoms with Gasteiger partial charge in [-0.25, -0.2) is 4.79 Å². The summed E-state index contributed by atoms with van der Waals surface area (Å²) in [5, 5.41) is 15.3. The zero-order chi connectivity index (χ0) is 15.4. The summed E-state index contributed by atoms with van der Waals surface area (Å²) >= 11 is 0. The quantitative estimate of drug-likeness (QED) is 0.753. The predicted octanol–water partition coefficient (Wildman–Crippen LogP) is 2.03. The molecule has 1 aliphatic carbocycles. The van der Waals surface area contributed by atoms with Crippen molar-refractivity contribution in [2.24, 2.45) is 5.92 Å². The summed E-state index contributed by atoms with van der Waals surface area (Å²) in [5.41, 5.74) is 0.511. The summed E-state index contributed by atoms with van der Waals surface area (Å²) in [6.07, 6.45) is 0.0645. The Morgan fingerprint density at radius 2 is 2.05 bits per heavy atom. The number of hydrogen-bond donors (Lipinski definition) is 3. The average Bonchev–Trinajstić information content (AvgIpc) is 3.11. The van der Waals surface area contributed by atoms with E-state index in [2.05, 4.69) is 15.4 Å². The Kier molecular flexibility index (Phi) is 4.95. The molecule has 1 saturated carbocycles. The monoisotopic (exact) mass is 300 g/mol. The number of benzene rings is 1. The van der Waals surface area contributed by atoms with Gasteiger partial charge in [-0.2, -0.15) is 8.78 Å². The topological polar surface area (TPSA) is 70.6 Å². The second kappa shape index (κ2) is 6.71. The van der Waals surface area contributed by atoms with E-state index in [1.807, 2.05) is 6.92 Å². The fourth-order valence-electron chi connectivity index (χ4n) is 1.92. The van der Waals surface area contributed by atoms with Gasteiger partial charge >= 0.3 is 12.6 Å².